The molecular formula is C31H32FN5O5. The summed E-state index contributed by atoms with van der Waals surface area (Å²) in [5.41, 5.74) is 3.75. The van der Waals surface area contributed by atoms with Gasteiger partial charge in [-0.1, -0.05) is 18.2 Å². The molecule has 5 aromatic rings. The Kier molecular flexibility index (Phi) is 8.96. The predicted octanol–water partition coefficient (Wildman–Crippen LogP) is 5.52. The maximum absolute atomic E-state index is 15.5. The molecular weight excluding hydrogens is 541 g/mol. The van der Waals surface area contributed by atoms with Crippen LogP contribution in [0, 0.1) is 5.82 Å². The Morgan fingerprint density at radius 3 is 2.57 bits per heavy atom. The van der Waals surface area contributed by atoms with Crippen LogP contribution in [0.1, 0.15) is 25.3 Å². The fourth-order valence-electron chi connectivity index (χ4n) is 4.81. The zero-order valence-electron chi connectivity index (χ0n) is 23.7. The SMILES string of the molecule is CCOc1cc2c3c(c1)nc(-c1ccc(-c4ncn(Cc5ccc(OC)cc5)n4)c(F)c1)n3CCCCO2.COC=O. The van der Waals surface area contributed by atoms with Crippen molar-refractivity contribution < 1.29 is 28.1 Å². The van der Waals surface area contributed by atoms with Crippen LogP contribution in [0.3, 0.4) is 0 Å². The topological polar surface area (TPSA) is 103 Å². The van der Waals surface area contributed by atoms with E-state index in [1.807, 2.05) is 49.4 Å². The molecule has 0 atom stereocenters. The number of carbonyl (C=O) groups excluding carboxylic acids is 1. The first-order chi connectivity index (χ1) is 20.5. The zero-order valence-corrected chi connectivity index (χ0v) is 23.7. The van der Waals surface area contributed by atoms with Gasteiger partial charge < -0.3 is 23.5 Å². The van der Waals surface area contributed by atoms with Crippen molar-refractivity contribution in [3.05, 3.63) is 72.3 Å². The summed E-state index contributed by atoms with van der Waals surface area (Å²) in [6, 6.07) is 16.7. The van der Waals surface area contributed by atoms with Crippen molar-refractivity contribution >= 4 is 17.5 Å². The van der Waals surface area contributed by atoms with E-state index in [1.54, 1.807) is 24.2 Å². The van der Waals surface area contributed by atoms with E-state index in [0.717, 1.165) is 47.5 Å². The average molecular weight is 574 g/mol. The zero-order chi connectivity index (χ0) is 29.5. The normalized spacial score (nSPS) is 12.4. The van der Waals surface area contributed by atoms with Gasteiger partial charge in [0.15, 0.2) is 5.82 Å². The van der Waals surface area contributed by atoms with Gasteiger partial charge in [0.1, 0.15) is 40.7 Å². The fourth-order valence-corrected chi connectivity index (χ4v) is 4.81. The molecule has 0 spiro atoms. The largest absolute Gasteiger partial charge is 0.497 e. The standard InChI is InChI=1S/C29H28FN5O3.C2H4O2/c1-3-37-22-15-25-27-26(16-22)38-13-5-4-12-35(27)29(32-25)20-8-11-23(24(30)14-20)28-31-18-34(33-28)17-19-6-9-21(36-2)10-7-19;1-4-2-3/h6-11,14-16,18H,3-5,12-13,17H2,1-2H3;2H,1H3. The Morgan fingerprint density at radius 1 is 1.05 bits per heavy atom. The molecule has 10 nitrogen and oxygen atoms in total. The van der Waals surface area contributed by atoms with Crippen molar-refractivity contribution in [3.8, 4) is 40.0 Å². The lowest BCUT2D eigenvalue weighted by Crippen LogP contribution is -2.09. The lowest BCUT2D eigenvalue weighted by atomic mass is 10.1. The average Bonchev–Trinajstić information content (AvgIpc) is 3.60. The summed E-state index contributed by atoms with van der Waals surface area (Å²) < 4.78 is 40.1. The summed E-state index contributed by atoms with van der Waals surface area (Å²) >= 11 is 0. The monoisotopic (exact) mass is 573 g/mol. The molecule has 218 valence electrons. The van der Waals surface area contributed by atoms with Crippen LogP contribution in [0.4, 0.5) is 4.39 Å². The Morgan fingerprint density at radius 2 is 1.86 bits per heavy atom. The number of benzene rings is 3. The molecule has 0 saturated heterocycles. The number of imidazole rings is 1. The molecule has 1 aliphatic heterocycles. The van der Waals surface area contributed by atoms with Gasteiger partial charge in [0, 0.05) is 24.2 Å². The molecule has 0 radical (unpaired) electrons. The lowest BCUT2D eigenvalue weighted by molar-refractivity contribution is -0.126. The molecule has 0 N–H and O–H groups in total. The van der Waals surface area contributed by atoms with E-state index in [9.17, 15) is 0 Å². The van der Waals surface area contributed by atoms with E-state index in [2.05, 4.69) is 19.4 Å². The number of hydrogen-bond acceptors (Lipinski definition) is 8. The maximum atomic E-state index is 15.5. The second kappa shape index (κ2) is 13.2. The highest BCUT2D eigenvalue weighted by atomic mass is 19.1. The predicted molar refractivity (Wildman–Crippen MR) is 155 cm³/mol. The van der Waals surface area contributed by atoms with Gasteiger partial charge in [-0.15, -0.1) is 0 Å². The fraction of sp³-hybridized carbons (Fsp3) is 0.290. The summed E-state index contributed by atoms with van der Waals surface area (Å²) in [5, 5.41) is 4.50. The molecule has 3 aromatic carbocycles. The smallest absolute Gasteiger partial charge is 0.292 e. The summed E-state index contributed by atoms with van der Waals surface area (Å²) in [4.78, 5) is 18.2. The third kappa shape index (κ3) is 6.19. The van der Waals surface area contributed by atoms with Crippen molar-refractivity contribution in [3.63, 3.8) is 0 Å². The van der Waals surface area contributed by atoms with Crippen LogP contribution >= 0.6 is 0 Å². The first kappa shape index (κ1) is 28.6. The highest BCUT2D eigenvalue weighted by molar-refractivity contribution is 5.88. The molecule has 0 saturated carbocycles. The van der Waals surface area contributed by atoms with Crippen LogP contribution in [0.5, 0.6) is 17.2 Å². The van der Waals surface area contributed by atoms with Gasteiger partial charge in [-0.2, -0.15) is 5.10 Å². The minimum absolute atomic E-state index is 0.336. The molecule has 0 bridgehead atoms. The molecule has 0 fully saturated rings. The molecule has 3 heterocycles. The number of aryl methyl sites for hydroxylation is 1. The molecule has 11 heteroatoms. The Balaban J connectivity index is 0.000000830. The summed E-state index contributed by atoms with van der Waals surface area (Å²) in [6.45, 7) is 4.81. The number of ether oxygens (including phenoxy) is 4. The number of aromatic nitrogens is 5. The number of methoxy groups -OCH3 is 2. The van der Waals surface area contributed by atoms with Crippen LogP contribution in [0.2, 0.25) is 0 Å². The summed E-state index contributed by atoms with van der Waals surface area (Å²) in [6.07, 6.45) is 3.49. The second-order valence-electron chi connectivity index (χ2n) is 9.51. The maximum Gasteiger partial charge on any atom is 0.292 e. The number of hydrogen-bond donors (Lipinski definition) is 0. The quantitative estimate of drug-likeness (QED) is 0.224. The van der Waals surface area contributed by atoms with E-state index in [-0.39, 0.29) is 0 Å². The molecule has 6 rings (SSSR count). The van der Waals surface area contributed by atoms with Crippen molar-refractivity contribution in [1.82, 2.24) is 24.3 Å². The molecule has 0 amide bonds. The van der Waals surface area contributed by atoms with Crippen molar-refractivity contribution in [2.24, 2.45) is 0 Å². The van der Waals surface area contributed by atoms with Gasteiger partial charge in [-0.3, -0.25) is 4.79 Å². The van der Waals surface area contributed by atoms with Crippen molar-refractivity contribution in [1.29, 1.82) is 0 Å². The Hall–Kier alpha value is -4.93. The first-order valence-corrected chi connectivity index (χ1v) is 13.6. The number of rotatable bonds is 8. The van der Waals surface area contributed by atoms with Crippen LogP contribution in [-0.2, 0) is 22.6 Å². The Labute approximate surface area is 242 Å². The van der Waals surface area contributed by atoms with Crippen LogP contribution in [0.15, 0.2) is 60.9 Å². The van der Waals surface area contributed by atoms with E-state index in [0.29, 0.717) is 54.8 Å². The van der Waals surface area contributed by atoms with Crippen molar-refractivity contribution in [2.45, 2.75) is 32.9 Å². The van der Waals surface area contributed by atoms with Crippen LogP contribution in [-0.4, -0.2) is 58.2 Å². The number of nitrogens with zero attached hydrogens (tertiary/aromatic N) is 5. The first-order valence-electron chi connectivity index (χ1n) is 13.6. The highest BCUT2D eigenvalue weighted by Gasteiger charge is 2.21. The van der Waals surface area contributed by atoms with E-state index >= 15 is 4.39 Å². The number of carbonyl (C=O) groups is 1. The van der Waals surface area contributed by atoms with Crippen molar-refractivity contribution in [2.75, 3.05) is 27.4 Å². The van der Waals surface area contributed by atoms with E-state index < -0.39 is 5.82 Å². The summed E-state index contributed by atoms with van der Waals surface area (Å²) in [7, 11) is 2.95. The van der Waals surface area contributed by atoms with Crippen LogP contribution in [0.25, 0.3) is 33.8 Å². The van der Waals surface area contributed by atoms with E-state index in [1.165, 1.54) is 13.2 Å². The van der Waals surface area contributed by atoms with Gasteiger partial charge in [-0.05, 0) is 49.6 Å². The van der Waals surface area contributed by atoms with Crippen LogP contribution < -0.4 is 14.2 Å². The lowest BCUT2D eigenvalue weighted by Gasteiger charge is -2.17. The van der Waals surface area contributed by atoms with Gasteiger partial charge in [-0.25, -0.2) is 19.0 Å². The second-order valence-corrected chi connectivity index (χ2v) is 9.51. The third-order valence-electron chi connectivity index (χ3n) is 6.73. The van der Waals surface area contributed by atoms with E-state index in [4.69, 9.17) is 24.0 Å². The molecule has 0 unspecified atom stereocenters. The van der Waals surface area contributed by atoms with Gasteiger partial charge in [0.25, 0.3) is 6.47 Å². The summed E-state index contributed by atoms with van der Waals surface area (Å²) in [5.74, 6) is 2.88. The Bertz CT molecular complexity index is 1660. The minimum Gasteiger partial charge on any atom is -0.497 e. The molecule has 1 aliphatic rings. The molecule has 0 aliphatic carbocycles. The molecule has 42 heavy (non-hydrogen) atoms. The third-order valence-corrected chi connectivity index (χ3v) is 6.73. The minimum atomic E-state index is -0.401. The van der Waals surface area contributed by atoms with Gasteiger partial charge in [0.2, 0.25) is 0 Å². The number of halogens is 1. The highest BCUT2D eigenvalue weighted by Crippen LogP contribution is 2.37. The molecule has 2 aromatic heterocycles. The van der Waals surface area contributed by atoms with Gasteiger partial charge >= 0.3 is 0 Å². The van der Waals surface area contributed by atoms with Gasteiger partial charge in [0.05, 0.1) is 45.1 Å².